The van der Waals surface area contributed by atoms with E-state index in [1.807, 2.05) is 24.4 Å². The molecule has 0 saturated carbocycles. The van der Waals surface area contributed by atoms with Crippen LogP contribution in [-0.2, 0) is 12.8 Å². The molecule has 1 atom stereocenters. The Morgan fingerprint density at radius 1 is 1.29 bits per heavy atom. The molecule has 1 N–H and O–H groups in total. The highest BCUT2D eigenvalue weighted by atomic mass is 32.1. The Morgan fingerprint density at radius 2 is 2.12 bits per heavy atom. The minimum atomic E-state index is -0.450. The second kappa shape index (κ2) is 5.43. The number of thiophene rings is 1. The number of hydrogen-bond donors (Lipinski definition) is 1. The molecular formula is C14H15FOS. The highest BCUT2D eigenvalue weighted by molar-refractivity contribution is 7.09. The molecular weight excluding hydrogens is 235 g/mol. The third-order valence-electron chi connectivity index (χ3n) is 2.78. The zero-order valence-electron chi connectivity index (χ0n) is 9.69. The van der Waals surface area contributed by atoms with Crippen molar-refractivity contribution in [3.05, 3.63) is 57.5 Å². The van der Waals surface area contributed by atoms with Gasteiger partial charge in [-0.3, -0.25) is 0 Å². The largest absolute Gasteiger partial charge is 0.392 e. The number of aliphatic hydroxyl groups excluding tert-OH is 1. The molecule has 0 aliphatic carbocycles. The van der Waals surface area contributed by atoms with Crippen LogP contribution in [0.15, 0.2) is 35.7 Å². The maximum atomic E-state index is 13.1. The highest BCUT2D eigenvalue weighted by Gasteiger charge is 2.10. The Balaban J connectivity index is 2.02. The molecule has 1 aromatic heterocycles. The van der Waals surface area contributed by atoms with Crippen molar-refractivity contribution < 1.29 is 9.50 Å². The summed E-state index contributed by atoms with van der Waals surface area (Å²) in [5.74, 6) is -0.242. The molecule has 0 fully saturated rings. The topological polar surface area (TPSA) is 20.2 Å². The van der Waals surface area contributed by atoms with Gasteiger partial charge in [-0.25, -0.2) is 4.39 Å². The first-order valence-electron chi connectivity index (χ1n) is 5.60. The van der Waals surface area contributed by atoms with Crippen LogP contribution in [0.1, 0.15) is 16.0 Å². The quantitative estimate of drug-likeness (QED) is 0.882. The van der Waals surface area contributed by atoms with Gasteiger partial charge in [0.05, 0.1) is 6.10 Å². The number of benzene rings is 1. The van der Waals surface area contributed by atoms with Crippen LogP contribution in [0, 0.1) is 12.7 Å². The van der Waals surface area contributed by atoms with E-state index >= 15 is 0 Å². The Morgan fingerprint density at radius 3 is 2.82 bits per heavy atom. The molecule has 1 unspecified atom stereocenters. The molecule has 0 aliphatic rings. The molecule has 0 radical (unpaired) electrons. The van der Waals surface area contributed by atoms with E-state index in [4.69, 9.17) is 0 Å². The molecule has 90 valence electrons. The smallest absolute Gasteiger partial charge is 0.123 e. The zero-order valence-corrected chi connectivity index (χ0v) is 10.5. The Kier molecular flexibility index (Phi) is 3.92. The van der Waals surface area contributed by atoms with Gasteiger partial charge in [-0.15, -0.1) is 11.3 Å². The fourth-order valence-electron chi connectivity index (χ4n) is 1.85. The lowest BCUT2D eigenvalue weighted by atomic mass is 10.0. The number of aryl methyl sites for hydroxylation is 1. The van der Waals surface area contributed by atoms with Crippen molar-refractivity contribution in [3.63, 3.8) is 0 Å². The van der Waals surface area contributed by atoms with Crippen molar-refractivity contribution in [2.75, 3.05) is 0 Å². The van der Waals surface area contributed by atoms with Crippen molar-refractivity contribution in [1.82, 2.24) is 0 Å². The molecule has 17 heavy (non-hydrogen) atoms. The minimum absolute atomic E-state index is 0.242. The van der Waals surface area contributed by atoms with Gasteiger partial charge in [-0.05, 0) is 48.1 Å². The van der Waals surface area contributed by atoms with Gasteiger partial charge in [0.1, 0.15) is 5.82 Å². The third-order valence-corrected chi connectivity index (χ3v) is 3.68. The zero-order chi connectivity index (χ0) is 12.3. The van der Waals surface area contributed by atoms with Crippen LogP contribution in [0.3, 0.4) is 0 Å². The molecule has 0 saturated heterocycles. The fraction of sp³-hybridized carbons (Fsp3) is 0.286. The molecule has 1 aromatic carbocycles. The molecule has 0 amide bonds. The summed E-state index contributed by atoms with van der Waals surface area (Å²) in [7, 11) is 0. The lowest BCUT2D eigenvalue weighted by Gasteiger charge is -2.11. The predicted molar refractivity (Wildman–Crippen MR) is 68.9 cm³/mol. The maximum absolute atomic E-state index is 13.1. The van der Waals surface area contributed by atoms with Crippen LogP contribution in [0.4, 0.5) is 4.39 Å². The van der Waals surface area contributed by atoms with Crippen molar-refractivity contribution in [3.8, 4) is 0 Å². The van der Waals surface area contributed by atoms with Gasteiger partial charge in [0.15, 0.2) is 0 Å². The number of halogens is 1. The average Bonchev–Trinajstić information content (AvgIpc) is 2.76. The molecule has 0 bridgehead atoms. The van der Waals surface area contributed by atoms with E-state index in [1.165, 1.54) is 12.1 Å². The monoisotopic (exact) mass is 250 g/mol. The first-order valence-corrected chi connectivity index (χ1v) is 6.48. The van der Waals surface area contributed by atoms with Crippen LogP contribution in [0.25, 0.3) is 0 Å². The van der Waals surface area contributed by atoms with Gasteiger partial charge < -0.3 is 5.11 Å². The summed E-state index contributed by atoms with van der Waals surface area (Å²) in [6.45, 7) is 1.94. The predicted octanol–water partition coefficient (Wildman–Crippen LogP) is 3.34. The van der Waals surface area contributed by atoms with Gasteiger partial charge in [0.25, 0.3) is 0 Å². The van der Waals surface area contributed by atoms with Crippen LogP contribution < -0.4 is 0 Å². The van der Waals surface area contributed by atoms with Crippen LogP contribution in [0.5, 0.6) is 0 Å². The van der Waals surface area contributed by atoms with E-state index in [0.717, 1.165) is 16.0 Å². The lowest BCUT2D eigenvalue weighted by Crippen LogP contribution is -2.14. The Labute approximate surface area is 105 Å². The second-order valence-electron chi connectivity index (χ2n) is 4.21. The van der Waals surface area contributed by atoms with E-state index < -0.39 is 6.10 Å². The standard InChI is InChI=1S/C14H15FOS/c1-10-4-5-12(15)7-11(10)8-13(16)9-14-3-2-6-17-14/h2-7,13,16H,8-9H2,1H3. The van der Waals surface area contributed by atoms with E-state index in [2.05, 4.69) is 0 Å². The van der Waals surface area contributed by atoms with Gasteiger partial charge in [-0.1, -0.05) is 12.1 Å². The molecule has 1 heterocycles. The molecule has 2 rings (SSSR count). The summed E-state index contributed by atoms with van der Waals surface area (Å²) in [6.07, 6.45) is 0.684. The molecule has 2 aromatic rings. The molecule has 0 spiro atoms. The SMILES string of the molecule is Cc1ccc(F)cc1CC(O)Cc1cccs1. The van der Waals surface area contributed by atoms with Crippen LogP contribution >= 0.6 is 11.3 Å². The van der Waals surface area contributed by atoms with Gasteiger partial charge in [0.2, 0.25) is 0 Å². The van der Waals surface area contributed by atoms with Gasteiger partial charge >= 0.3 is 0 Å². The fourth-order valence-corrected chi connectivity index (χ4v) is 2.62. The van der Waals surface area contributed by atoms with Gasteiger partial charge in [-0.2, -0.15) is 0 Å². The minimum Gasteiger partial charge on any atom is -0.392 e. The summed E-state index contributed by atoms with van der Waals surface area (Å²) in [4.78, 5) is 1.16. The summed E-state index contributed by atoms with van der Waals surface area (Å²) in [6, 6.07) is 8.69. The average molecular weight is 250 g/mol. The lowest BCUT2D eigenvalue weighted by molar-refractivity contribution is 0.176. The first-order chi connectivity index (χ1) is 8.15. The maximum Gasteiger partial charge on any atom is 0.123 e. The molecule has 3 heteroatoms. The summed E-state index contributed by atoms with van der Waals surface area (Å²) < 4.78 is 13.1. The number of aliphatic hydroxyl groups is 1. The second-order valence-corrected chi connectivity index (χ2v) is 5.24. The van der Waals surface area contributed by atoms with E-state index in [1.54, 1.807) is 17.4 Å². The number of hydrogen-bond acceptors (Lipinski definition) is 2. The third kappa shape index (κ3) is 3.38. The molecule has 1 nitrogen and oxygen atoms in total. The summed E-state index contributed by atoms with van der Waals surface area (Å²) in [5, 5.41) is 12.0. The van der Waals surface area contributed by atoms with Gasteiger partial charge in [0, 0.05) is 11.3 Å². The first kappa shape index (κ1) is 12.3. The van der Waals surface area contributed by atoms with Crippen molar-refractivity contribution in [2.24, 2.45) is 0 Å². The summed E-state index contributed by atoms with van der Waals surface area (Å²) >= 11 is 1.64. The molecule has 0 aliphatic heterocycles. The van der Waals surface area contributed by atoms with Crippen molar-refractivity contribution >= 4 is 11.3 Å². The normalized spacial score (nSPS) is 12.6. The highest BCUT2D eigenvalue weighted by Crippen LogP contribution is 2.16. The Hall–Kier alpha value is -1.19. The van der Waals surface area contributed by atoms with Crippen LogP contribution in [0.2, 0.25) is 0 Å². The Bertz CT molecular complexity index is 479. The van der Waals surface area contributed by atoms with Crippen molar-refractivity contribution in [2.45, 2.75) is 25.9 Å². The van der Waals surface area contributed by atoms with Crippen molar-refractivity contribution in [1.29, 1.82) is 0 Å². The van der Waals surface area contributed by atoms with E-state index in [9.17, 15) is 9.50 Å². The van der Waals surface area contributed by atoms with Crippen LogP contribution in [-0.4, -0.2) is 11.2 Å². The van der Waals surface area contributed by atoms with E-state index in [0.29, 0.717) is 12.8 Å². The number of rotatable bonds is 4. The summed E-state index contributed by atoms with van der Waals surface area (Å²) in [5.41, 5.74) is 1.91. The van der Waals surface area contributed by atoms with E-state index in [-0.39, 0.29) is 5.82 Å².